The van der Waals surface area contributed by atoms with Crippen molar-refractivity contribution in [1.29, 1.82) is 0 Å². The number of carboxylic acids is 1. The second-order valence-electron chi connectivity index (χ2n) is 1.26. The summed E-state index contributed by atoms with van der Waals surface area (Å²) >= 11 is 0. The monoisotopic (exact) mass is 174 g/mol. The average molecular weight is 175 g/mol. The standard InChI is InChI=1S/C5H4O3.Cu/c6-5(7)4-2-1-3-8-4;/h1-3H,(H,6,7);/q;+1/p-1. The van der Waals surface area contributed by atoms with Gasteiger partial charge in [0.05, 0.1) is 6.26 Å². The van der Waals surface area contributed by atoms with E-state index in [1.54, 1.807) is 0 Å². The van der Waals surface area contributed by atoms with E-state index in [0.29, 0.717) is 0 Å². The average Bonchev–Trinajstić information content (AvgIpc) is 2.12. The zero-order valence-corrected chi connectivity index (χ0v) is 5.20. The topological polar surface area (TPSA) is 53.3 Å². The van der Waals surface area contributed by atoms with Crippen LogP contribution >= 0.6 is 0 Å². The first-order valence-corrected chi connectivity index (χ1v) is 2.05. The third-order valence-electron chi connectivity index (χ3n) is 0.722. The van der Waals surface area contributed by atoms with Gasteiger partial charge in [-0.1, -0.05) is 0 Å². The first-order valence-electron chi connectivity index (χ1n) is 2.05. The van der Waals surface area contributed by atoms with E-state index in [4.69, 9.17) is 0 Å². The van der Waals surface area contributed by atoms with E-state index >= 15 is 0 Å². The van der Waals surface area contributed by atoms with Crippen molar-refractivity contribution in [1.82, 2.24) is 0 Å². The van der Waals surface area contributed by atoms with Crippen molar-refractivity contribution < 1.29 is 31.4 Å². The van der Waals surface area contributed by atoms with E-state index in [1.807, 2.05) is 0 Å². The SMILES string of the molecule is O=C([O-])c1ccco1.[Cu+]. The molecule has 0 aliphatic carbocycles. The number of aromatic carboxylic acids is 1. The predicted octanol–water partition coefficient (Wildman–Crippen LogP) is -0.359. The first-order chi connectivity index (χ1) is 3.80. The Morgan fingerprint density at radius 2 is 2.33 bits per heavy atom. The zero-order valence-electron chi connectivity index (χ0n) is 4.26. The molecule has 1 heterocycles. The van der Waals surface area contributed by atoms with Crippen molar-refractivity contribution in [2.75, 3.05) is 0 Å². The van der Waals surface area contributed by atoms with Crippen LogP contribution in [0.25, 0.3) is 0 Å². The van der Waals surface area contributed by atoms with Crippen LogP contribution in [0.3, 0.4) is 0 Å². The molecule has 0 saturated carbocycles. The van der Waals surface area contributed by atoms with Gasteiger partial charge in [-0.3, -0.25) is 0 Å². The van der Waals surface area contributed by atoms with E-state index in [0.717, 1.165) is 0 Å². The molecule has 0 saturated heterocycles. The van der Waals surface area contributed by atoms with Crippen molar-refractivity contribution in [2.45, 2.75) is 0 Å². The van der Waals surface area contributed by atoms with Gasteiger partial charge in [-0.15, -0.1) is 0 Å². The van der Waals surface area contributed by atoms with Crippen molar-refractivity contribution in [2.24, 2.45) is 0 Å². The third kappa shape index (κ3) is 1.91. The number of carbonyl (C=O) groups is 1. The number of carboxylic acid groups (broad SMARTS) is 1. The van der Waals surface area contributed by atoms with Gasteiger partial charge in [0.25, 0.3) is 0 Å². The molecule has 0 N–H and O–H groups in total. The molecule has 0 spiro atoms. The summed E-state index contributed by atoms with van der Waals surface area (Å²) in [7, 11) is 0. The van der Waals surface area contributed by atoms with Crippen molar-refractivity contribution in [3.8, 4) is 0 Å². The van der Waals surface area contributed by atoms with Crippen LogP contribution in [-0.2, 0) is 17.1 Å². The zero-order chi connectivity index (χ0) is 5.98. The molecule has 0 unspecified atom stereocenters. The van der Waals surface area contributed by atoms with Crippen LogP contribution in [0.5, 0.6) is 0 Å². The Kier molecular flexibility index (Phi) is 3.06. The molecule has 52 valence electrons. The van der Waals surface area contributed by atoms with Gasteiger partial charge < -0.3 is 14.3 Å². The van der Waals surface area contributed by atoms with E-state index in [2.05, 4.69) is 4.42 Å². The molecular formula is C5H3CuO3. The smallest absolute Gasteiger partial charge is 0.542 e. The predicted molar refractivity (Wildman–Crippen MR) is 23.0 cm³/mol. The normalized spacial score (nSPS) is 8.00. The molecule has 0 radical (unpaired) electrons. The van der Waals surface area contributed by atoms with Gasteiger partial charge in [0.1, 0.15) is 11.7 Å². The van der Waals surface area contributed by atoms with Crippen molar-refractivity contribution >= 4 is 5.97 Å². The molecule has 1 aromatic rings. The summed E-state index contributed by atoms with van der Waals surface area (Å²) in [6, 6.07) is 2.82. The van der Waals surface area contributed by atoms with Crippen LogP contribution < -0.4 is 5.11 Å². The van der Waals surface area contributed by atoms with Gasteiger partial charge in [-0.25, -0.2) is 0 Å². The maximum atomic E-state index is 9.86. The fourth-order valence-electron chi connectivity index (χ4n) is 0.395. The molecule has 0 aliphatic heterocycles. The molecule has 1 aromatic heterocycles. The van der Waals surface area contributed by atoms with Crippen LogP contribution in [0.2, 0.25) is 0 Å². The summed E-state index contributed by atoms with van der Waals surface area (Å²) in [5.74, 6) is -1.42. The molecule has 4 heteroatoms. The number of carbonyl (C=O) groups excluding carboxylic acids is 1. The van der Waals surface area contributed by atoms with E-state index in [9.17, 15) is 9.90 Å². The molecule has 0 amide bonds. The number of hydrogen-bond acceptors (Lipinski definition) is 3. The molecular weight excluding hydrogens is 172 g/mol. The summed E-state index contributed by atoms with van der Waals surface area (Å²) in [5.41, 5.74) is 0. The summed E-state index contributed by atoms with van der Waals surface area (Å²) in [6.45, 7) is 0. The molecule has 3 nitrogen and oxygen atoms in total. The molecule has 0 aliphatic rings. The molecule has 0 fully saturated rings. The Morgan fingerprint density at radius 1 is 1.67 bits per heavy atom. The molecule has 1 rings (SSSR count). The second kappa shape index (κ2) is 3.33. The summed E-state index contributed by atoms with van der Waals surface area (Å²) in [4.78, 5) is 9.86. The van der Waals surface area contributed by atoms with Crippen LogP contribution in [0, 0.1) is 0 Å². The second-order valence-corrected chi connectivity index (χ2v) is 1.26. The Balaban J connectivity index is 0.000000640. The maximum absolute atomic E-state index is 9.86. The van der Waals surface area contributed by atoms with E-state index < -0.39 is 5.97 Å². The molecule has 0 bridgehead atoms. The summed E-state index contributed by atoms with van der Waals surface area (Å²) < 4.78 is 4.43. The Labute approximate surface area is 62.1 Å². The Hall–Kier alpha value is -0.731. The van der Waals surface area contributed by atoms with Crippen LogP contribution in [0.4, 0.5) is 0 Å². The summed E-state index contributed by atoms with van der Waals surface area (Å²) in [6.07, 6.45) is 1.28. The molecule has 9 heavy (non-hydrogen) atoms. The van der Waals surface area contributed by atoms with Gasteiger partial charge in [0.15, 0.2) is 0 Å². The van der Waals surface area contributed by atoms with Crippen LogP contribution in [0.15, 0.2) is 22.8 Å². The fraction of sp³-hybridized carbons (Fsp3) is 0. The number of hydrogen-bond donors (Lipinski definition) is 0. The largest absolute Gasteiger partial charge is 1.00 e. The van der Waals surface area contributed by atoms with E-state index in [1.165, 1.54) is 18.4 Å². The van der Waals surface area contributed by atoms with Crippen LogP contribution in [0.1, 0.15) is 10.6 Å². The van der Waals surface area contributed by atoms with Crippen molar-refractivity contribution in [3.63, 3.8) is 0 Å². The first kappa shape index (κ1) is 8.27. The quantitative estimate of drug-likeness (QED) is 0.547. The van der Waals surface area contributed by atoms with E-state index in [-0.39, 0.29) is 22.8 Å². The van der Waals surface area contributed by atoms with Crippen molar-refractivity contribution in [3.05, 3.63) is 24.2 Å². The minimum Gasteiger partial charge on any atom is -0.542 e. The van der Waals surface area contributed by atoms with Gasteiger partial charge in [-0.05, 0) is 12.1 Å². The minimum atomic E-state index is -1.28. The van der Waals surface area contributed by atoms with Gasteiger partial charge in [-0.2, -0.15) is 0 Å². The van der Waals surface area contributed by atoms with Gasteiger partial charge in [0, 0.05) is 0 Å². The van der Waals surface area contributed by atoms with Crippen LogP contribution in [-0.4, -0.2) is 5.97 Å². The molecule has 0 atom stereocenters. The fourth-order valence-corrected chi connectivity index (χ4v) is 0.395. The Bertz CT molecular complexity index is 180. The summed E-state index contributed by atoms with van der Waals surface area (Å²) in [5, 5.41) is 9.86. The number of furan rings is 1. The van der Waals surface area contributed by atoms with Gasteiger partial charge >= 0.3 is 17.1 Å². The third-order valence-corrected chi connectivity index (χ3v) is 0.722. The maximum Gasteiger partial charge on any atom is 1.00 e. The van der Waals surface area contributed by atoms with Gasteiger partial charge in [0.2, 0.25) is 0 Å². The number of rotatable bonds is 1. The Morgan fingerprint density at radius 3 is 2.56 bits per heavy atom. The molecule has 0 aromatic carbocycles. The minimum absolute atomic E-state index is 0.